The molecule has 0 atom stereocenters. The van der Waals surface area contributed by atoms with Gasteiger partial charge in [-0.3, -0.25) is 0 Å². The third-order valence-corrected chi connectivity index (χ3v) is 4.31. The molecule has 3 nitrogen and oxygen atoms in total. The fourth-order valence-corrected chi connectivity index (χ4v) is 3.18. The highest BCUT2D eigenvalue weighted by Gasteiger charge is 2.15. The Kier molecular flexibility index (Phi) is 3.96. The number of likely N-dealkylation sites (tertiary alicyclic amines) is 1. The van der Waals surface area contributed by atoms with Crippen LogP contribution in [-0.4, -0.2) is 34.1 Å². The number of para-hydroxylation sites is 1. The molecule has 0 saturated carbocycles. The second-order valence-electron chi connectivity index (χ2n) is 4.97. The molecule has 0 aliphatic carbocycles. The van der Waals surface area contributed by atoms with Gasteiger partial charge in [-0.05, 0) is 38.1 Å². The minimum Gasteiger partial charge on any atom is -0.326 e. The predicted molar refractivity (Wildman–Crippen MR) is 80.0 cm³/mol. The summed E-state index contributed by atoms with van der Waals surface area (Å²) in [4.78, 5) is 7.05. The Labute approximate surface area is 123 Å². The molecule has 0 N–H and O–H groups in total. The Morgan fingerprint density at radius 3 is 2.68 bits per heavy atom. The first-order valence-corrected chi connectivity index (χ1v) is 7.63. The smallest absolute Gasteiger partial charge is 0.124 e. The van der Waals surface area contributed by atoms with Gasteiger partial charge in [0.25, 0.3) is 0 Å². The molecule has 19 heavy (non-hydrogen) atoms. The van der Waals surface area contributed by atoms with Gasteiger partial charge in [0.15, 0.2) is 0 Å². The van der Waals surface area contributed by atoms with E-state index in [-0.39, 0.29) is 0 Å². The van der Waals surface area contributed by atoms with Crippen LogP contribution in [0.4, 0.5) is 0 Å². The molecule has 1 fully saturated rings. The van der Waals surface area contributed by atoms with Gasteiger partial charge < -0.3 is 9.47 Å². The monoisotopic (exact) mass is 297 g/mol. The van der Waals surface area contributed by atoms with Crippen LogP contribution in [0, 0.1) is 0 Å². The van der Waals surface area contributed by atoms with Crippen molar-refractivity contribution >= 4 is 34.2 Å². The normalized spacial score (nSPS) is 16.5. The molecule has 3 rings (SSSR count). The highest BCUT2D eigenvalue weighted by molar-refractivity contribution is 6.35. The lowest BCUT2D eigenvalue weighted by Crippen LogP contribution is -2.24. The third kappa shape index (κ3) is 2.60. The van der Waals surface area contributed by atoms with E-state index < -0.39 is 0 Å². The van der Waals surface area contributed by atoms with Crippen LogP contribution in [-0.2, 0) is 12.4 Å². The van der Waals surface area contributed by atoms with Crippen molar-refractivity contribution in [2.24, 2.45) is 0 Å². The van der Waals surface area contributed by atoms with E-state index in [0.717, 1.165) is 29.9 Å². The average molecular weight is 298 g/mol. The van der Waals surface area contributed by atoms with Crippen LogP contribution < -0.4 is 0 Å². The number of imidazole rings is 1. The fraction of sp³-hybridized carbons (Fsp3) is 0.500. The van der Waals surface area contributed by atoms with Gasteiger partial charge in [-0.2, -0.15) is 0 Å². The molecule has 0 radical (unpaired) electrons. The molecule has 2 heterocycles. The maximum atomic E-state index is 6.20. The Bertz CT molecular complexity index is 573. The number of benzene rings is 1. The molecular weight excluding hydrogens is 281 g/mol. The number of alkyl halides is 1. The summed E-state index contributed by atoms with van der Waals surface area (Å²) < 4.78 is 2.20. The maximum Gasteiger partial charge on any atom is 0.124 e. The van der Waals surface area contributed by atoms with Crippen molar-refractivity contribution in [3.05, 3.63) is 29.0 Å². The number of aromatic nitrogens is 2. The van der Waals surface area contributed by atoms with Crippen LogP contribution >= 0.6 is 23.2 Å². The first-order chi connectivity index (χ1) is 9.29. The van der Waals surface area contributed by atoms with Gasteiger partial charge in [-0.15, -0.1) is 11.6 Å². The van der Waals surface area contributed by atoms with Crippen LogP contribution in [0.1, 0.15) is 18.7 Å². The van der Waals surface area contributed by atoms with Gasteiger partial charge in [0.2, 0.25) is 0 Å². The molecule has 1 aliphatic rings. The summed E-state index contributed by atoms with van der Waals surface area (Å²) in [5, 5.41) is 0.698. The van der Waals surface area contributed by atoms with Crippen molar-refractivity contribution in [1.29, 1.82) is 0 Å². The van der Waals surface area contributed by atoms with E-state index in [4.69, 9.17) is 23.2 Å². The van der Waals surface area contributed by atoms with Crippen LogP contribution in [0.25, 0.3) is 11.0 Å². The van der Waals surface area contributed by atoms with Crippen molar-refractivity contribution in [1.82, 2.24) is 14.5 Å². The summed E-state index contributed by atoms with van der Waals surface area (Å²) in [6.07, 6.45) is 2.64. The third-order valence-electron chi connectivity index (χ3n) is 3.77. The van der Waals surface area contributed by atoms with E-state index in [1.165, 1.54) is 25.9 Å². The van der Waals surface area contributed by atoms with E-state index in [9.17, 15) is 0 Å². The van der Waals surface area contributed by atoms with Crippen molar-refractivity contribution in [3.63, 3.8) is 0 Å². The Hall–Kier alpha value is -0.770. The quantitative estimate of drug-likeness (QED) is 0.805. The number of rotatable bonds is 4. The zero-order valence-electron chi connectivity index (χ0n) is 10.8. The summed E-state index contributed by atoms with van der Waals surface area (Å²) in [6, 6.07) is 5.91. The Morgan fingerprint density at radius 2 is 1.95 bits per heavy atom. The van der Waals surface area contributed by atoms with E-state index in [1.807, 2.05) is 12.1 Å². The number of hydrogen-bond donors (Lipinski definition) is 0. The zero-order valence-corrected chi connectivity index (χ0v) is 12.3. The number of hydrogen-bond acceptors (Lipinski definition) is 2. The molecule has 1 aromatic heterocycles. The molecule has 5 heteroatoms. The largest absolute Gasteiger partial charge is 0.326 e. The highest BCUT2D eigenvalue weighted by Crippen LogP contribution is 2.24. The minimum absolute atomic E-state index is 0.422. The van der Waals surface area contributed by atoms with Crippen LogP contribution in [0.2, 0.25) is 5.02 Å². The van der Waals surface area contributed by atoms with Crippen LogP contribution in [0.3, 0.4) is 0 Å². The summed E-state index contributed by atoms with van der Waals surface area (Å²) in [7, 11) is 0. The van der Waals surface area contributed by atoms with E-state index in [0.29, 0.717) is 10.9 Å². The van der Waals surface area contributed by atoms with E-state index in [2.05, 4.69) is 20.5 Å². The maximum absolute atomic E-state index is 6.20. The summed E-state index contributed by atoms with van der Waals surface area (Å²) >= 11 is 12.2. The lowest BCUT2D eigenvalue weighted by atomic mass is 10.3. The molecule has 0 bridgehead atoms. The van der Waals surface area contributed by atoms with E-state index in [1.54, 1.807) is 0 Å². The average Bonchev–Trinajstić information content (AvgIpc) is 3.03. The van der Waals surface area contributed by atoms with Gasteiger partial charge in [0, 0.05) is 13.1 Å². The first-order valence-electron chi connectivity index (χ1n) is 6.71. The van der Waals surface area contributed by atoms with Crippen molar-refractivity contribution in [3.8, 4) is 0 Å². The van der Waals surface area contributed by atoms with Crippen LogP contribution in [0.15, 0.2) is 18.2 Å². The van der Waals surface area contributed by atoms with Crippen molar-refractivity contribution < 1.29 is 0 Å². The van der Waals surface area contributed by atoms with Gasteiger partial charge in [-0.25, -0.2) is 4.98 Å². The summed E-state index contributed by atoms with van der Waals surface area (Å²) in [6.45, 7) is 4.41. The fourth-order valence-electron chi connectivity index (χ4n) is 2.76. The Balaban J connectivity index is 1.89. The van der Waals surface area contributed by atoms with Crippen molar-refractivity contribution in [2.45, 2.75) is 25.3 Å². The zero-order chi connectivity index (χ0) is 13.2. The van der Waals surface area contributed by atoms with Gasteiger partial charge in [0.05, 0.1) is 16.4 Å². The lowest BCUT2D eigenvalue weighted by molar-refractivity contribution is 0.323. The number of halogens is 2. The van der Waals surface area contributed by atoms with E-state index >= 15 is 0 Å². The van der Waals surface area contributed by atoms with Gasteiger partial charge in [-0.1, -0.05) is 17.7 Å². The topological polar surface area (TPSA) is 21.1 Å². The number of fused-ring (bicyclic) bond motifs is 1. The minimum atomic E-state index is 0.422. The molecule has 0 unspecified atom stereocenters. The SMILES string of the molecule is ClCc1nc2c(Cl)cccc2n1CCN1CCCC1. The standard InChI is InChI=1S/C14H17Cl2N3/c15-10-13-17-14-11(16)4-3-5-12(14)19(13)9-8-18-6-1-2-7-18/h3-5H,1-2,6-10H2. The van der Waals surface area contributed by atoms with Gasteiger partial charge in [0.1, 0.15) is 11.3 Å². The number of nitrogens with zero attached hydrogens (tertiary/aromatic N) is 3. The highest BCUT2D eigenvalue weighted by atomic mass is 35.5. The molecule has 0 spiro atoms. The molecule has 1 saturated heterocycles. The first kappa shape index (κ1) is 13.2. The molecule has 1 aromatic carbocycles. The summed E-state index contributed by atoms with van der Waals surface area (Å²) in [5.41, 5.74) is 1.95. The molecule has 102 valence electrons. The molecule has 1 aliphatic heterocycles. The Morgan fingerprint density at radius 1 is 1.16 bits per heavy atom. The van der Waals surface area contributed by atoms with Gasteiger partial charge >= 0.3 is 0 Å². The molecule has 2 aromatic rings. The second kappa shape index (κ2) is 5.70. The lowest BCUT2D eigenvalue weighted by Gasteiger charge is -2.16. The second-order valence-corrected chi connectivity index (χ2v) is 5.64. The predicted octanol–water partition coefficient (Wildman–Crippen LogP) is 3.52. The van der Waals surface area contributed by atoms with Crippen LogP contribution in [0.5, 0.6) is 0 Å². The van der Waals surface area contributed by atoms with Crippen molar-refractivity contribution in [2.75, 3.05) is 19.6 Å². The summed E-state index contributed by atoms with van der Waals surface area (Å²) in [5.74, 6) is 1.33. The molecule has 0 amide bonds. The molecular formula is C14H17Cl2N3.